The molecule has 3 nitrogen and oxygen atoms in total. The minimum Gasteiger partial charge on any atom is -0.395 e. The maximum absolute atomic E-state index is 5.53. The zero-order valence-corrected chi connectivity index (χ0v) is 8.52. The van der Waals surface area contributed by atoms with Crippen LogP contribution in [0, 0.1) is 3.70 Å². The lowest BCUT2D eigenvalue weighted by Gasteiger charge is -1.94. The highest BCUT2D eigenvalue weighted by Crippen LogP contribution is 2.12. The molecule has 2 N–H and O–H groups in total. The van der Waals surface area contributed by atoms with Crippen LogP contribution in [0.2, 0.25) is 0 Å². The van der Waals surface area contributed by atoms with E-state index in [1.165, 1.54) is 0 Å². The number of anilines is 1. The molecule has 0 aliphatic rings. The van der Waals surface area contributed by atoms with E-state index in [4.69, 9.17) is 5.73 Å². The van der Waals surface area contributed by atoms with Crippen molar-refractivity contribution in [3.05, 3.63) is 9.90 Å². The molecule has 0 aliphatic carbocycles. The average molecular weight is 274 g/mol. The van der Waals surface area contributed by atoms with Gasteiger partial charge in [0.15, 0.2) is 0 Å². The van der Waals surface area contributed by atoms with Crippen molar-refractivity contribution in [1.29, 1.82) is 0 Å². The van der Waals surface area contributed by atoms with Crippen LogP contribution in [0.1, 0.15) is 6.92 Å². The summed E-state index contributed by atoms with van der Waals surface area (Å²) in [5, 5.41) is 4.02. The standard InChI is InChI=1S/C5H8IN3.ClH/c1-2-9-5(6)4(7)3-8-9;/h3H,2,7H2,1H3;1H. The fourth-order valence-electron chi connectivity index (χ4n) is 0.605. The normalized spacial score (nSPS) is 9.00. The summed E-state index contributed by atoms with van der Waals surface area (Å²) >= 11 is 2.18. The van der Waals surface area contributed by atoms with Gasteiger partial charge in [-0.1, -0.05) is 0 Å². The summed E-state index contributed by atoms with van der Waals surface area (Å²) in [6.45, 7) is 2.92. The Morgan fingerprint density at radius 3 is 2.60 bits per heavy atom. The van der Waals surface area contributed by atoms with E-state index >= 15 is 0 Å². The maximum Gasteiger partial charge on any atom is 0.122 e. The lowest BCUT2D eigenvalue weighted by molar-refractivity contribution is 0.644. The van der Waals surface area contributed by atoms with Crippen LogP contribution in [0.5, 0.6) is 0 Å². The summed E-state index contributed by atoms with van der Waals surface area (Å²) in [7, 11) is 0. The molecule has 0 saturated carbocycles. The second-order valence-corrected chi connectivity index (χ2v) is 2.73. The van der Waals surface area contributed by atoms with Crippen molar-refractivity contribution in [2.75, 3.05) is 5.73 Å². The summed E-state index contributed by atoms with van der Waals surface area (Å²) < 4.78 is 2.88. The third kappa shape index (κ3) is 1.76. The van der Waals surface area contributed by atoms with Gasteiger partial charge in [-0.3, -0.25) is 4.68 Å². The van der Waals surface area contributed by atoms with Crippen molar-refractivity contribution in [2.45, 2.75) is 13.5 Å². The topological polar surface area (TPSA) is 43.8 Å². The molecule has 0 atom stereocenters. The van der Waals surface area contributed by atoms with Crippen LogP contribution < -0.4 is 5.73 Å². The number of rotatable bonds is 1. The van der Waals surface area contributed by atoms with Crippen molar-refractivity contribution in [2.24, 2.45) is 0 Å². The Bertz CT molecular complexity index is 211. The number of hydrogen-bond acceptors (Lipinski definition) is 2. The molecule has 1 aromatic heterocycles. The van der Waals surface area contributed by atoms with Crippen LogP contribution in [0.15, 0.2) is 6.20 Å². The van der Waals surface area contributed by atoms with Crippen molar-refractivity contribution >= 4 is 40.7 Å². The molecule has 1 heterocycles. The van der Waals surface area contributed by atoms with Crippen LogP contribution in [0.3, 0.4) is 0 Å². The van der Waals surface area contributed by atoms with E-state index in [0.717, 1.165) is 15.9 Å². The molecule has 58 valence electrons. The summed E-state index contributed by atoms with van der Waals surface area (Å²) in [5.41, 5.74) is 6.29. The molecule has 1 rings (SSSR count). The molecule has 0 aliphatic heterocycles. The predicted molar refractivity (Wildman–Crippen MR) is 52.3 cm³/mol. The Labute approximate surface area is 79.5 Å². The van der Waals surface area contributed by atoms with E-state index in [1.54, 1.807) is 6.20 Å². The molecule has 0 unspecified atom stereocenters. The van der Waals surface area contributed by atoms with Crippen LogP contribution >= 0.6 is 35.0 Å². The molecule has 10 heavy (non-hydrogen) atoms. The Morgan fingerprint density at radius 2 is 2.40 bits per heavy atom. The zero-order valence-electron chi connectivity index (χ0n) is 5.54. The van der Waals surface area contributed by atoms with E-state index in [-0.39, 0.29) is 12.4 Å². The van der Waals surface area contributed by atoms with Gasteiger partial charge in [0.05, 0.1) is 11.9 Å². The van der Waals surface area contributed by atoms with Gasteiger partial charge in [0, 0.05) is 6.54 Å². The largest absolute Gasteiger partial charge is 0.395 e. The number of nitrogens with zero attached hydrogens (tertiary/aromatic N) is 2. The number of halogens is 2. The average Bonchev–Trinajstić information content (AvgIpc) is 2.15. The molecule has 0 saturated heterocycles. The quantitative estimate of drug-likeness (QED) is 0.788. The van der Waals surface area contributed by atoms with E-state index in [2.05, 4.69) is 27.7 Å². The third-order valence-corrected chi connectivity index (χ3v) is 2.28. The fourth-order valence-corrected chi connectivity index (χ4v) is 1.21. The molecule has 0 radical (unpaired) electrons. The van der Waals surface area contributed by atoms with Gasteiger partial charge < -0.3 is 5.73 Å². The van der Waals surface area contributed by atoms with E-state index < -0.39 is 0 Å². The SMILES string of the molecule is CCn1ncc(N)c1I.Cl. The summed E-state index contributed by atoms with van der Waals surface area (Å²) in [4.78, 5) is 0. The molecule has 0 aromatic carbocycles. The molecule has 0 spiro atoms. The smallest absolute Gasteiger partial charge is 0.122 e. The first-order valence-corrected chi connectivity index (χ1v) is 3.80. The van der Waals surface area contributed by atoms with Crippen LogP contribution in [-0.2, 0) is 6.54 Å². The molecular formula is C5H9ClIN3. The Hall–Kier alpha value is 0.0300. The number of nitrogen functional groups attached to an aromatic ring is 1. The summed E-state index contributed by atoms with van der Waals surface area (Å²) in [6.07, 6.45) is 1.67. The lowest BCUT2D eigenvalue weighted by atomic mass is 10.6. The van der Waals surface area contributed by atoms with Crippen LogP contribution in [0.4, 0.5) is 5.69 Å². The summed E-state index contributed by atoms with van der Waals surface area (Å²) in [5.74, 6) is 0. The first-order valence-electron chi connectivity index (χ1n) is 2.72. The van der Waals surface area contributed by atoms with Crippen molar-refractivity contribution in [1.82, 2.24) is 9.78 Å². The second kappa shape index (κ2) is 4.02. The van der Waals surface area contributed by atoms with Crippen molar-refractivity contribution < 1.29 is 0 Å². The molecule has 1 aromatic rings. The minimum absolute atomic E-state index is 0. The minimum atomic E-state index is 0. The van der Waals surface area contributed by atoms with Gasteiger partial charge in [0.2, 0.25) is 0 Å². The van der Waals surface area contributed by atoms with Gasteiger partial charge in [-0.05, 0) is 29.5 Å². The first-order chi connectivity index (χ1) is 4.25. The van der Waals surface area contributed by atoms with Crippen molar-refractivity contribution in [3.63, 3.8) is 0 Å². The van der Waals surface area contributed by atoms with Gasteiger partial charge in [0.1, 0.15) is 3.70 Å². The summed E-state index contributed by atoms with van der Waals surface area (Å²) in [6, 6.07) is 0. The Balaban J connectivity index is 0.000000810. The molecule has 0 bridgehead atoms. The van der Waals surface area contributed by atoms with Gasteiger partial charge in [-0.15, -0.1) is 12.4 Å². The first kappa shape index (κ1) is 10.0. The Morgan fingerprint density at radius 1 is 1.80 bits per heavy atom. The highest BCUT2D eigenvalue weighted by Gasteiger charge is 1.99. The lowest BCUT2D eigenvalue weighted by Crippen LogP contribution is -1.98. The fraction of sp³-hybridized carbons (Fsp3) is 0.400. The van der Waals surface area contributed by atoms with E-state index in [1.807, 2.05) is 11.6 Å². The molecular weight excluding hydrogens is 264 g/mol. The second-order valence-electron chi connectivity index (χ2n) is 1.71. The third-order valence-electron chi connectivity index (χ3n) is 1.10. The van der Waals surface area contributed by atoms with Gasteiger partial charge in [0.25, 0.3) is 0 Å². The monoisotopic (exact) mass is 273 g/mol. The van der Waals surface area contributed by atoms with E-state index in [9.17, 15) is 0 Å². The highest BCUT2D eigenvalue weighted by molar-refractivity contribution is 14.1. The van der Waals surface area contributed by atoms with E-state index in [0.29, 0.717) is 0 Å². The predicted octanol–water partition coefficient (Wildman–Crippen LogP) is 1.51. The number of aromatic nitrogens is 2. The Kier molecular flexibility index (Phi) is 4.04. The molecule has 0 fully saturated rings. The molecule has 0 amide bonds. The number of hydrogen-bond donors (Lipinski definition) is 1. The zero-order chi connectivity index (χ0) is 6.85. The van der Waals surface area contributed by atoms with Crippen molar-refractivity contribution in [3.8, 4) is 0 Å². The van der Waals surface area contributed by atoms with Gasteiger partial charge in [-0.2, -0.15) is 5.10 Å². The maximum atomic E-state index is 5.53. The number of aryl methyl sites for hydroxylation is 1. The highest BCUT2D eigenvalue weighted by atomic mass is 127. The number of nitrogens with two attached hydrogens (primary N) is 1. The van der Waals surface area contributed by atoms with Gasteiger partial charge >= 0.3 is 0 Å². The van der Waals surface area contributed by atoms with Crippen LogP contribution in [-0.4, -0.2) is 9.78 Å². The molecule has 5 heteroatoms. The van der Waals surface area contributed by atoms with Crippen LogP contribution in [0.25, 0.3) is 0 Å². The van der Waals surface area contributed by atoms with Gasteiger partial charge in [-0.25, -0.2) is 0 Å².